The number of aliphatic hydroxyl groups excluding tert-OH is 1. The van der Waals surface area contributed by atoms with E-state index in [0.29, 0.717) is 40.5 Å². The third kappa shape index (κ3) is 3.99. The third-order valence-electron chi connectivity index (χ3n) is 8.38. The molecule has 7 heteroatoms. The summed E-state index contributed by atoms with van der Waals surface area (Å²) in [7, 11) is 2.78. The van der Waals surface area contributed by atoms with Crippen molar-refractivity contribution in [3.8, 4) is 17.2 Å². The maximum absolute atomic E-state index is 13.3. The maximum Gasteiger partial charge on any atom is 0.312 e. The van der Waals surface area contributed by atoms with Crippen molar-refractivity contribution in [2.24, 2.45) is 5.92 Å². The number of esters is 1. The molecule has 0 saturated heterocycles. The molecule has 210 valence electrons. The first-order valence-electron chi connectivity index (χ1n) is 13.5. The van der Waals surface area contributed by atoms with Crippen LogP contribution in [0.1, 0.15) is 33.7 Å². The van der Waals surface area contributed by atoms with Gasteiger partial charge in [0.2, 0.25) is 0 Å². The fourth-order valence-corrected chi connectivity index (χ4v) is 6.64. The van der Waals surface area contributed by atoms with Gasteiger partial charge in [-0.25, -0.2) is 0 Å². The average molecular weight is 553 g/mol. The second-order valence-corrected chi connectivity index (χ2v) is 10.6. The number of hydrogen-bond donors (Lipinski definition) is 2. The van der Waals surface area contributed by atoms with Crippen LogP contribution < -0.4 is 14.2 Å². The quantitative estimate of drug-likeness (QED) is 0.312. The molecule has 4 aromatic carbocycles. The van der Waals surface area contributed by atoms with Crippen LogP contribution >= 0.6 is 0 Å². The van der Waals surface area contributed by atoms with Crippen LogP contribution in [0.3, 0.4) is 0 Å². The summed E-state index contributed by atoms with van der Waals surface area (Å²) in [6, 6.07) is 30.0. The van der Waals surface area contributed by atoms with Crippen LogP contribution in [0.25, 0.3) is 0 Å². The zero-order chi connectivity index (χ0) is 28.8. The molecule has 1 heterocycles. The lowest BCUT2D eigenvalue weighted by atomic mass is 9.70. The Morgan fingerprint density at radius 2 is 1.59 bits per heavy atom. The minimum atomic E-state index is -2.06. The molecule has 0 bridgehead atoms. The van der Waals surface area contributed by atoms with Gasteiger partial charge in [0, 0.05) is 5.92 Å². The Balaban J connectivity index is 1.54. The number of carbonyl (C=O) groups is 1. The molecule has 2 aliphatic rings. The van der Waals surface area contributed by atoms with Gasteiger partial charge in [0.05, 0.1) is 25.7 Å². The number of hydrogen-bond acceptors (Lipinski definition) is 7. The first kappa shape index (κ1) is 26.9. The van der Waals surface area contributed by atoms with E-state index in [-0.39, 0.29) is 0 Å². The molecule has 0 unspecified atom stereocenters. The number of aryl methyl sites for hydroxylation is 1. The average Bonchev–Trinajstić information content (AvgIpc) is 3.38. The van der Waals surface area contributed by atoms with Gasteiger partial charge < -0.3 is 29.2 Å². The highest BCUT2D eigenvalue weighted by Gasteiger charge is 2.78. The Kier molecular flexibility index (Phi) is 6.72. The first-order chi connectivity index (χ1) is 19.8. The molecule has 0 spiro atoms. The Bertz CT molecular complexity index is 1550. The molecule has 0 radical (unpaired) electrons. The van der Waals surface area contributed by atoms with Crippen molar-refractivity contribution >= 4 is 5.97 Å². The molecule has 4 aromatic rings. The highest BCUT2D eigenvalue weighted by Crippen LogP contribution is 2.70. The summed E-state index contributed by atoms with van der Waals surface area (Å²) < 4.78 is 23.7. The molecule has 5 atom stereocenters. The first-order valence-corrected chi connectivity index (χ1v) is 13.5. The van der Waals surface area contributed by atoms with Crippen LogP contribution in [0, 0.1) is 12.8 Å². The number of methoxy groups -OCH3 is 2. The topological polar surface area (TPSA) is 94.5 Å². The largest absolute Gasteiger partial charge is 0.496 e. The molecule has 1 fully saturated rings. The van der Waals surface area contributed by atoms with Crippen LogP contribution in [-0.2, 0) is 27.3 Å². The van der Waals surface area contributed by atoms with Gasteiger partial charge in [0.1, 0.15) is 30.0 Å². The van der Waals surface area contributed by atoms with Crippen LogP contribution in [0.15, 0.2) is 97.1 Å². The van der Waals surface area contributed by atoms with Crippen molar-refractivity contribution in [1.29, 1.82) is 0 Å². The van der Waals surface area contributed by atoms with Crippen molar-refractivity contribution in [1.82, 2.24) is 0 Å². The third-order valence-corrected chi connectivity index (χ3v) is 8.38. The molecule has 41 heavy (non-hydrogen) atoms. The Labute approximate surface area is 238 Å². The molecule has 7 nitrogen and oxygen atoms in total. The molecule has 2 N–H and O–H groups in total. The molecular weight excluding hydrogens is 520 g/mol. The zero-order valence-corrected chi connectivity index (χ0v) is 23.1. The number of carbonyl (C=O) groups excluding carboxylic acids is 1. The van der Waals surface area contributed by atoms with E-state index in [1.807, 2.05) is 97.9 Å². The summed E-state index contributed by atoms with van der Waals surface area (Å²) in [6.45, 7) is 2.29. The standard InChI is InChI=1S/C34H32O7/c1-21-18-26(38-2)30-27(19-21)41-34(24-14-16-25(17-15-24)40-20-22-10-6-4-7-11-22)29(23-12-8-5-9-13-23)28(32(36)39-3)31(35)33(30,34)37/h4-19,28-29,31,35,37H,20H2,1-3H3/t28-,29-,31+,33-,34-/m0/s1. The van der Waals surface area contributed by atoms with Crippen molar-refractivity contribution in [2.45, 2.75) is 36.8 Å². The maximum atomic E-state index is 13.3. The van der Waals surface area contributed by atoms with E-state index in [9.17, 15) is 15.0 Å². The minimum Gasteiger partial charge on any atom is -0.496 e. The molecule has 6 rings (SSSR count). The predicted octanol–water partition coefficient (Wildman–Crippen LogP) is 5.01. The molecule has 1 aliphatic heterocycles. The normalized spacial score (nSPS) is 26.0. The Morgan fingerprint density at radius 1 is 0.927 bits per heavy atom. The summed E-state index contributed by atoms with van der Waals surface area (Å²) >= 11 is 0. The SMILES string of the molecule is COC(=O)[C@@H]1[C@@H](O)[C@@]2(O)c3c(OC)cc(C)cc3O[C@@]2(c2ccc(OCc3ccccc3)cc2)[C@H]1c1ccccc1. The van der Waals surface area contributed by atoms with E-state index in [1.165, 1.54) is 14.2 Å². The van der Waals surface area contributed by atoms with E-state index < -0.39 is 35.1 Å². The van der Waals surface area contributed by atoms with E-state index in [0.717, 1.165) is 11.1 Å². The van der Waals surface area contributed by atoms with E-state index >= 15 is 0 Å². The molecule has 1 saturated carbocycles. The fraction of sp³-hybridized carbons (Fsp3) is 0.265. The number of ether oxygens (including phenoxy) is 4. The van der Waals surface area contributed by atoms with Crippen molar-refractivity contribution in [3.05, 3.63) is 125 Å². The van der Waals surface area contributed by atoms with Gasteiger partial charge in [-0.3, -0.25) is 4.79 Å². The highest BCUT2D eigenvalue weighted by atomic mass is 16.5. The lowest BCUT2D eigenvalue weighted by molar-refractivity contribution is -0.161. The smallest absolute Gasteiger partial charge is 0.312 e. The van der Waals surface area contributed by atoms with Gasteiger partial charge in [-0.1, -0.05) is 72.8 Å². The van der Waals surface area contributed by atoms with Crippen molar-refractivity contribution in [2.75, 3.05) is 14.2 Å². The molecular formula is C34H32O7. The number of benzene rings is 4. The molecule has 0 amide bonds. The van der Waals surface area contributed by atoms with Gasteiger partial charge in [-0.15, -0.1) is 0 Å². The van der Waals surface area contributed by atoms with Gasteiger partial charge in [0.25, 0.3) is 0 Å². The minimum absolute atomic E-state index is 0.301. The van der Waals surface area contributed by atoms with Gasteiger partial charge in [0.15, 0.2) is 11.2 Å². The van der Waals surface area contributed by atoms with E-state index in [4.69, 9.17) is 18.9 Å². The molecule has 0 aromatic heterocycles. The van der Waals surface area contributed by atoms with E-state index in [2.05, 4.69) is 0 Å². The summed E-state index contributed by atoms with van der Waals surface area (Å²) in [5, 5.41) is 24.8. The van der Waals surface area contributed by atoms with Crippen molar-refractivity contribution < 1.29 is 34.0 Å². The Hall–Kier alpha value is -4.33. The highest BCUT2D eigenvalue weighted by molar-refractivity contribution is 5.78. The summed E-state index contributed by atoms with van der Waals surface area (Å²) in [5.41, 5.74) is -0.186. The zero-order valence-electron chi connectivity index (χ0n) is 23.1. The van der Waals surface area contributed by atoms with Crippen LogP contribution in [-0.4, -0.2) is 36.5 Å². The van der Waals surface area contributed by atoms with Crippen LogP contribution in [0.2, 0.25) is 0 Å². The van der Waals surface area contributed by atoms with Gasteiger partial charge in [-0.2, -0.15) is 0 Å². The number of rotatable bonds is 7. The summed E-state index contributed by atoms with van der Waals surface area (Å²) in [6.07, 6.45) is -1.58. The second kappa shape index (κ2) is 10.3. The predicted molar refractivity (Wildman–Crippen MR) is 152 cm³/mol. The van der Waals surface area contributed by atoms with E-state index in [1.54, 1.807) is 6.07 Å². The van der Waals surface area contributed by atoms with Crippen LogP contribution in [0.5, 0.6) is 17.2 Å². The number of aliphatic hydroxyl groups is 2. The lowest BCUT2D eigenvalue weighted by Gasteiger charge is -2.40. The molecule has 1 aliphatic carbocycles. The monoisotopic (exact) mass is 552 g/mol. The number of fused-ring (bicyclic) bond motifs is 3. The van der Waals surface area contributed by atoms with Gasteiger partial charge in [-0.05, 0) is 53.4 Å². The summed E-state index contributed by atoms with van der Waals surface area (Å²) in [5.74, 6) is -1.22. The summed E-state index contributed by atoms with van der Waals surface area (Å²) in [4.78, 5) is 13.3. The lowest BCUT2D eigenvalue weighted by Crippen LogP contribution is -2.52. The fourth-order valence-electron chi connectivity index (χ4n) is 6.64. The van der Waals surface area contributed by atoms with Crippen molar-refractivity contribution in [3.63, 3.8) is 0 Å². The van der Waals surface area contributed by atoms with Gasteiger partial charge >= 0.3 is 5.97 Å². The second-order valence-electron chi connectivity index (χ2n) is 10.6. The van der Waals surface area contributed by atoms with Crippen LogP contribution in [0.4, 0.5) is 0 Å². The Morgan fingerprint density at radius 3 is 2.22 bits per heavy atom.